The maximum Gasteiger partial charge on any atom is 0.511 e. The largest absolute Gasteiger partial charge is 0.511 e. The molecule has 1 heterocycles. The zero-order valence-corrected chi connectivity index (χ0v) is 13.3. The van der Waals surface area contributed by atoms with Crippen molar-refractivity contribution in [2.45, 2.75) is 40.0 Å². The number of carbonyl (C=O) groups is 1. The lowest BCUT2D eigenvalue weighted by atomic mass is 10.1. The van der Waals surface area contributed by atoms with Gasteiger partial charge in [0.25, 0.3) is 0 Å². The quantitative estimate of drug-likeness (QED) is 0.857. The van der Waals surface area contributed by atoms with Crippen molar-refractivity contribution in [2.75, 3.05) is 0 Å². The summed E-state index contributed by atoms with van der Waals surface area (Å²) in [6.45, 7) is 7.84. The lowest BCUT2D eigenvalue weighted by Crippen LogP contribution is -2.12. The molecule has 0 unspecified atom stereocenters. The number of benzene rings is 1. The van der Waals surface area contributed by atoms with Gasteiger partial charge in [-0.1, -0.05) is 50.6 Å². The molecule has 5 heteroatoms. The SMILES string of the molecule is CCc1nc(-c2ccc(C)cc2)nc(C(C)C)c1OC(=O)O. The summed E-state index contributed by atoms with van der Waals surface area (Å²) < 4.78 is 4.93. The monoisotopic (exact) mass is 300 g/mol. The molecule has 0 atom stereocenters. The van der Waals surface area contributed by atoms with Crippen LogP contribution >= 0.6 is 0 Å². The molecule has 0 saturated carbocycles. The van der Waals surface area contributed by atoms with E-state index in [9.17, 15) is 4.79 Å². The number of aromatic nitrogens is 2. The first-order valence-electron chi connectivity index (χ1n) is 7.31. The minimum atomic E-state index is -1.34. The molecule has 0 fully saturated rings. The number of hydrogen-bond acceptors (Lipinski definition) is 4. The smallest absolute Gasteiger partial charge is 0.449 e. The van der Waals surface area contributed by atoms with Gasteiger partial charge in [0, 0.05) is 5.56 Å². The van der Waals surface area contributed by atoms with E-state index in [4.69, 9.17) is 9.84 Å². The highest BCUT2D eigenvalue weighted by Crippen LogP contribution is 2.31. The number of rotatable bonds is 4. The van der Waals surface area contributed by atoms with Crippen LogP contribution in [0.3, 0.4) is 0 Å². The van der Waals surface area contributed by atoms with E-state index in [1.807, 2.05) is 52.0 Å². The third kappa shape index (κ3) is 3.42. The second kappa shape index (κ2) is 6.56. The Labute approximate surface area is 130 Å². The molecule has 2 aromatic rings. The molecule has 0 radical (unpaired) electrons. The molecular formula is C17H20N2O3. The first-order chi connectivity index (χ1) is 10.4. The van der Waals surface area contributed by atoms with Gasteiger partial charge in [0.15, 0.2) is 11.6 Å². The maximum absolute atomic E-state index is 10.9. The minimum Gasteiger partial charge on any atom is -0.449 e. The summed E-state index contributed by atoms with van der Waals surface area (Å²) in [5.41, 5.74) is 3.29. The predicted octanol–water partition coefficient (Wildman–Crippen LogP) is 4.19. The number of ether oxygens (including phenoxy) is 1. The summed E-state index contributed by atoms with van der Waals surface area (Å²) in [6.07, 6.45) is -0.771. The highest BCUT2D eigenvalue weighted by atomic mass is 16.7. The summed E-state index contributed by atoms with van der Waals surface area (Å²) >= 11 is 0. The van der Waals surface area contributed by atoms with Gasteiger partial charge in [0.2, 0.25) is 0 Å². The van der Waals surface area contributed by atoms with Crippen LogP contribution in [0.15, 0.2) is 24.3 Å². The number of aryl methyl sites for hydroxylation is 2. The van der Waals surface area contributed by atoms with Gasteiger partial charge in [-0.05, 0) is 19.3 Å². The molecule has 0 aliphatic carbocycles. The molecular weight excluding hydrogens is 280 g/mol. The van der Waals surface area contributed by atoms with Crippen LogP contribution in [0, 0.1) is 6.92 Å². The third-order valence-electron chi connectivity index (χ3n) is 3.34. The highest BCUT2D eigenvalue weighted by molar-refractivity contribution is 5.64. The topological polar surface area (TPSA) is 72.3 Å². The molecule has 1 N–H and O–H groups in total. The van der Waals surface area contributed by atoms with Gasteiger partial charge >= 0.3 is 6.16 Å². The molecule has 22 heavy (non-hydrogen) atoms. The molecule has 0 aliphatic heterocycles. The summed E-state index contributed by atoms with van der Waals surface area (Å²) in [7, 11) is 0. The normalized spacial score (nSPS) is 10.8. The van der Waals surface area contributed by atoms with Crippen molar-refractivity contribution < 1.29 is 14.6 Å². The molecule has 0 bridgehead atoms. The van der Waals surface area contributed by atoms with Gasteiger partial charge in [-0.3, -0.25) is 0 Å². The fourth-order valence-electron chi connectivity index (χ4n) is 2.18. The van der Waals surface area contributed by atoms with Crippen molar-refractivity contribution in [3.63, 3.8) is 0 Å². The van der Waals surface area contributed by atoms with Crippen LogP contribution in [-0.2, 0) is 6.42 Å². The van der Waals surface area contributed by atoms with Gasteiger partial charge in [-0.25, -0.2) is 14.8 Å². The highest BCUT2D eigenvalue weighted by Gasteiger charge is 2.20. The van der Waals surface area contributed by atoms with E-state index in [-0.39, 0.29) is 11.7 Å². The van der Waals surface area contributed by atoms with Gasteiger partial charge in [-0.15, -0.1) is 0 Å². The van der Waals surface area contributed by atoms with Crippen molar-refractivity contribution in [1.29, 1.82) is 0 Å². The van der Waals surface area contributed by atoms with E-state index >= 15 is 0 Å². The predicted molar refractivity (Wildman–Crippen MR) is 84.3 cm³/mol. The Balaban J connectivity index is 2.60. The molecule has 0 aliphatic rings. The Morgan fingerprint density at radius 3 is 2.36 bits per heavy atom. The minimum absolute atomic E-state index is 0.0341. The summed E-state index contributed by atoms with van der Waals surface area (Å²) in [5.74, 6) is 0.894. The maximum atomic E-state index is 10.9. The fourth-order valence-corrected chi connectivity index (χ4v) is 2.18. The van der Waals surface area contributed by atoms with Gasteiger partial charge in [-0.2, -0.15) is 0 Å². The number of nitrogens with zero attached hydrogens (tertiary/aromatic N) is 2. The van der Waals surface area contributed by atoms with Gasteiger partial charge in [0.1, 0.15) is 0 Å². The van der Waals surface area contributed by atoms with E-state index in [0.29, 0.717) is 23.6 Å². The van der Waals surface area contributed by atoms with E-state index in [0.717, 1.165) is 11.1 Å². The standard InChI is InChI=1S/C17H20N2O3/c1-5-13-15(22-17(20)21)14(10(2)3)19-16(18-13)12-8-6-11(4)7-9-12/h6-10H,5H2,1-4H3,(H,20,21). The Kier molecular flexibility index (Phi) is 4.75. The zero-order chi connectivity index (χ0) is 16.3. The molecule has 5 nitrogen and oxygen atoms in total. The third-order valence-corrected chi connectivity index (χ3v) is 3.34. The zero-order valence-electron chi connectivity index (χ0n) is 13.3. The van der Waals surface area contributed by atoms with E-state index < -0.39 is 6.16 Å². The average Bonchev–Trinajstić information content (AvgIpc) is 2.47. The van der Waals surface area contributed by atoms with Crippen molar-refractivity contribution in [1.82, 2.24) is 9.97 Å². The van der Waals surface area contributed by atoms with Crippen LogP contribution < -0.4 is 4.74 Å². The molecule has 1 aromatic heterocycles. The Bertz CT molecular complexity index is 679. The van der Waals surface area contributed by atoms with E-state index in [2.05, 4.69) is 9.97 Å². The lowest BCUT2D eigenvalue weighted by molar-refractivity contribution is 0.143. The second-order valence-corrected chi connectivity index (χ2v) is 5.45. The second-order valence-electron chi connectivity index (χ2n) is 5.45. The molecule has 0 amide bonds. The van der Waals surface area contributed by atoms with Crippen LogP contribution in [0.2, 0.25) is 0 Å². The van der Waals surface area contributed by atoms with Crippen molar-refractivity contribution in [3.05, 3.63) is 41.2 Å². The van der Waals surface area contributed by atoms with Crippen LogP contribution in [0.1, 0.15) is 43.6 Å². The van der Waals surface area contributed by atoms with Gasteiger partial charge < -0.3 is 9.84 Å². The van der Waals surface area contributed by atoms with Crippen LogP contribution in [0.25, 0.3) is 11.4 Å². The molecule has 2 rings (SSSR count). The van der Waals surface area contributed by atoms with Crippen molar-refractivity contribution in [2.24, 2.45) is 0 Å². The van der Waals surface area contributed by atoms with Crippen LogP contribution in [0.5, 0.6) is 5.75 Å². The van der Waals surface area contributed by atoms with Crippen LogP contribution in [-0.4, -0.2) is 21.2 Å². The van der Waals surface area contributed by atoms with Crippen molar-refractivity contribution >= 4 is 6.16 Å². The van der Waals surface area contributed by atoms with E-state index in [1.165, 1.54) is 0 Å². The van der Waals surface area contributed by atoms with Crippen molar-refractivity contribution in [3.8, 4) is 17.1 Å². The molecule has 0 spiro atoms. The lowest BCUT2D eigenvalue weighted by Gasteiger charge is -2.15. The molecule has 0 saturated heterocycles. The summed E-state index contributed by atoms with van der Waals surface area (Å²) in [4.78, 5) is 19.9. The fraction of sp³-hybridized carbons (Fsp3) is 0.353. The first kappa shape index (κ1) is 15.9. The summed E-state index contributed by atoms with van der Waals surface area (Å²) in [6, 6.07) is 7.93. The first-order valence-corrected chi connectivity index (χ1v) is 7.31. The van der Waals surface area contributed by atoms with Gasteiger partial charge in [0.05, 0.1) is 11.4 Å². The summed E-state index contributed by atoms with van der Waals surface area (Å²) in [5, 5.41) is 8.93. The van der Waals surface area contributed by atoms with Crippen LogP contribution in [0.4, 0.5) is 4.79 Å². The molecule has 1 aromatic carbocycles. The van der Waals surface area contributed by atoms with E-state index in [1.54, 1.807) is 0 Å². The Morgan fingerprint density at radius 2 is 1.86 bits per heavy atom. The Morgan fingerprint density at radius 1 is 1.23 bits per heavy atom. The average molecular weight is 300 g/mol. The number of hydrogen-bond donors (Lipinski definition) is 1. The number of carboxylic acid groups (broad SMARTS) is 1. The molecule has 116 valence electrons. The Hall–Kier alpha value is -2.43.